The smallest absolute Gasteiger partial charge is 0.457 e. The van der Waals surface area contributed by atoms with Crippen molar-refractivity contribution in [2.75, 3.05) is 0 Å². The van der Waals surface area contributed by atoms with E-state index in [0.717, 1.165) is 0 Å². The van der Waals surface area contributed by atoms with E-state index in [1.54, 1.807) is 18.2 Å². The molecule has 0 amide bonds. The van der Waals surface area contributed by atoms with Gasteiger partial charge in [-0.05, 0) is 47.6 Å². The van der Waals surface area contributed by atoms with E-state index in [1.165, 1.54) is 0 Å². The number of hydrogen-bond donors (Lipinski definition) is 1. The number of hydrogen-bond acceptors (Lipinski definition) is 7. The minimum atomic E-state index is -5.93. The Bertz CT molecular complexity index is 981. The summed E-state index contributed by atoms with van der Waals surface area (Å²) in [7, 11) is -5.93. The molecular weight excluding hydrogens is 517 g/mol. The lowest BCUT2D eigenvalue weighted by molar-refractivity contribution is -0.203. The average Bonchev–Trinajstić information content (AvgIpc) is 3.12. The van der Waals surface area contributed by atoms with Gasteiger partial charge in [-0.1, -0.05) is 6.07 Å². The minimum absolute atomic E-state index is 0.0595. The fraction of sp³-hybridized carbons (Fsp3) is 0.500. The third-order valence-electron chi connectivity index (χ3n) is 5.35. The predicted octanol–water partition coefficient (Wildman–Crippen LogP) is 2.36. The van der Waals surface area contributed by atoms with Crippen molar-refractivity contribution in [3.8, 4) is 5.75 Å². The van der Waals surface area contributed by atoms with Crippen molar-refractivity contribution in [1.82, 2.24) is 0 Å². The Morgan fingerprint density at radius 3 is 2.64 bits per heavy atom. The van der Waals surface area contributed by atoms with E-state index in [0.29, 0.717) is 15.7 Å². The molecule has 1 heterocycles. The number of carbonyl (C=O) groups is 2. The van der Waals surface area contributed by atoms with Gasteiger partial charge in [-0.15, -0.1) is 0 Å². The van der Waals surface area contributed by atoms with Gasteiger partial charge < -0.3 is 14.2 Å². The number of carbonyl (C=O) groups excluding carboxylic acids is 2. The maximum absolute atomic E-state index is 13.4. The Labute approximate surface area is 171 Å². The normalized spacial score (nSPS) is 31.3. The summed E-state index contributed by atoms with van der Waals surface area (Å²) < 4.78 is 73.6. The third-order valence-corrected chi connectivity index (χ3v) is 7.01. The van der Waals surface area contributed by atoms with Gasteiger partial charge in [-0.2, -0.15) is 17.2 Å². The maximum atomic E-state index is 13.4. The summed E-state index contributed by atoms with van der Waals surface area (Å²) in [6, 6.07) is 5.03. The molecule has 4 rings (SSSR count). The Morgan fingerprint density at radius 2 is 2.04 bits per heavy atom. The van der Waals surface area contributed by atoms with E-state index in [1.807, 2.05) is 22.6 Å². The first-order valence-corrected chi connectivity index (χ1v) is 10.7. The lowest BCUT2D eigenvalue weighted by Gasteiger charge is -2.42. The zero-order chi connectivity index (χ0) is 20.5. The van der Waals surface area contributed by atoms with Gasteiger partial charge in [-0.25, -0.2) is 9.59 Å². The van der Waals surface area contributed by atoms with Gasteiger partial charge in [-0.3, -0.25) is 4.55 Å². The van der Waals surface area contributed by atoms with Crippen LogP contribution in [0.2, 0.25) is 0 Å². The predicted molar refractivity (Wildman–Crippen MR) is 95.1 cm³/mol. The van der Waals surface area contributed by atoms with E-state index in [2.05, 4.69) is 4.74 Å². The van der Waals surface area contributed by atoms with Crippen molar-refractivity contribution in [2.45, 2.75) is 36.4 Å². The lowest BCUT2D eigenvalue weighted by atomic mass is 9.90. The van der Waals surface area contributed by atoms with E-state index < -0.39 is 51.0 Å². The number of benzene rings is 1. The van der Waals surface area contributed by atoms with Gasteiger partial charge >= 0.3 is 27.3 Å². The largest absolute Gasteiger partial charge is 0.465 e. The van der Waals surface area contributed by atoms with Crippen LogP contribution in [0.4, 0.5) is 8.78 Å². The van der Waals surface area contributed by atoms with Gasteiger partial charge in [0.15, 0.2) is 5.75 Å². The molecule has 4 unspecified atom stereocenters. The standard InChI is InChI=1S/C16H13F2IO8S/c17-16(18,28(22,23)24)14(21)25-11-5-8-4-7(11)6-15(8)26-12-9(13(20)27-15)2-1-3-10(12)19/h1-3,7-8,11H,4-6H2,(H,22,23,24). The van der Waals surface area contributed by atoms with Crippen molar-refractivity contribution in [2.24, 2.45) is 11.8 Å². The zero-order valence-corrected chi connectivity index (χ0v) is 16.9. The van der Waals surface area contributed by atoms with Crippen LogP contribution in [0.25, 0.3) is 0 Å². The molecule has 152 valence electrons. The molecule has 0 aromatic heterocycles. The molecule has 2 fully saturated rings. The van der Waals surface area contributed by atoms with E-state index in [4.69, 9.17) is 14.0 Å². The summed E-state index contributed by atoms with van der Waals surface area (Å²) in [4.78, 5) is 23.9. The van der Waals surface area contributed by atoms with Crippen LogP contribution < -0.4 is 4.74 Å². The highest BCUT2D eigenvalue weighted by atomic mass is 127. The van der Waals surface area contributed by atoms with E-state index >= 15 is 0 Å². The Hall–Kier alpha value is -1.54. The van der Waals surface area contributed by atoms with Gasteiger partial charge in [0.25, 0.3) is 5.79 Å². The van der Waals surface area contributed by atoms with Crippen molar-refractivity contribution < 1.29 is 45.6 Å². The molecule has 0 radical (unpaired) electrons. The molecule has 1 N–H and O–H groups in total. The molecule has 3 aliphatic rings. The minimum Gasteiger partial charge on any atom is -0.457 e. The number of halogens is 3. The molecule has 28 heavy (non-hydrogen) atoms. The SMILES string of the molecule is O=C1OC2(CC3CC2CC3OC(=O)C(F)(F)S(=O)(=O)O)Oc2c(I)cccc21. The fourth-order valence-corrected chi connectivity index (χ4v) is 4.94. The second-order valence-corrected chi connectivity index (χ2v) is 9.61. The molecule has 1 aromatic rings. The molecule has 12 heteroatoms. The quantitative estimate of drug-likeness (QED) is 0.360. The van der Waals surface area contributed by atoms with Crippen LogP contribution in [-0.2, 0) is 24.4 Å². The van der Waals surface area contributed by atoms with E-state index in [-0.39, 0.29) is 18.4 Å². The zero-order valence-electron chi connectivity index (χ0n) is 13.9. The molecule has 4 atom stereocenters. The van der Waals surface area contributed by atoms with Crippen molar-refractivity contribution in [3.05, 3.63) is 27.3 Å². The fourth-order valence-electron chi connectivity index (χ4n) is 4.08. The third kappa shape index (κ3) is 2.87. The number of rotatable bonds is 3. The summed E-state index contributed by atoms with van der Waals surface area (Å²) in [5.74, 6) is -4.64. The number of ether oxygens (including phenoxy) is 3. The van der Waals surface area contributed by atoms with Crippen LogP contribution in [0.1, 0.15) is 29.6 Å². The molecular formula is C16H13F2IO8S. The average molecular weight is 530 g/mol. The highest BCUT2D eigenvalue weighted by Gasteiger charge is 2.64. The van der Waals surface area contributed by atoms with E-state index in [9.17, 15) is 26.8 Å². The van der Waals surface area contributed by atoms with Crippen molar-refractivity contribution in [1.29, 1.82) is 0 Å². The molecule has 2 saturated carbocycles. The topological polar surface area (TPSA) is 116 Å². The monoisotopic (exact) mass is 530 g/mol. The molecule has 2 bridgehead atoms. The first-order chi connectivity index (χ1) is 12.9. The summed E-state index contributed by atoms with van der Waals surface area (Å²) in [6.45, 7) is 0. The van der Waals surface area contributed by atoms with Crippen LogP contribution in [0, 0.1) is 15.4 Å². The number of esters is 2. The highest BCUT2D eigenvalue weighted by molar-refractivity contribution is 14.1. The Balaban J connectivity index is 1.52. The van der Waals surface area contributed by atoms with Crippen LogP contribution in [-0.4, -0.2) is 42.1 Å². The second-order valence-electron chi connectivity index (χ2n) is 6.99. The van der Waals surface area contributed by atoms with Gasteiger partial charge in [0.1, 0.15) is 11.7 Å². The summed E-state index contributed by atoms with van der Waals surface area (Å²) in [6.07, 6.45) is -0.427. The van der Waals surface area contributed by atoms with Gasteiger partial charge in [0.05, 0.1) is 3.57 Å². The van der Waals surface area contributed by atoms with Crippen LogP contribution in [0.15, 0.2) is 18.2 Å². The molecule has 1 aromatic carbocycles. The number of fused-ring (bicyclic) bond motifs is 4. The maximum Gasteiger partial charge on any atom is 0.465 e. The lowest BCUT2D eigenvalue weighted by Crippen LogP contribution is -2.51. The van der Waals surface area contributed by atoms with Crippen molar-refractivity contribution in [3.63, 3.8) is 0 Å². The Morgan fingerprint density at radius 1 is 1.32 bits per heavy atom. The van der Waals surface area contributed by atoms with Gasteiger partial charge in [0.2, 0.25) is 0 Å². The Kier molecular flexibility index (Phi) is 4.39. The summed E-state index contributed by atoms with van der Waals surface area (Å²) in [5.41, 5.74) is 0.288. The highest BCUT2D eigenvalue weighted by Crippen LogP contribution is 2.56. The first kappa shape index (κ1) is 19.8. The van der Waals surface area contributed by atoms with Gasteiger partial charge in [0, 0.05) is 18.3 Å². The summed E-state index contributed by atoms with van der Waals surface area (Å²) in [5, 5.41) is -5.05. The first-order valence-electron chi connectivity index (χ1n) is 8.21. The second kappa shape index (κ2) is 6.23. The molecule has 1 spiro atoms. The molecule has 2 aliphatic carbocycles. The number of alkyl halides is 2. The van der Waals surface area contributed by atoms with Crippen LogP contribution in [0.3, 0.4) is 0 Å². The number of para-hydroxylation sites is 1. The molecule has 0 saturated heterocycles. The molecule has 1 aliphatic heterocycles. The van der Waals surface area contributed by atoms with Crippen LogP contribution >= 0.6 is 22.6 Å². The molecule has 8 nitrogen and oxygen atoms in total. The van der Waals surface area contributed by atoms with Crippen LogP contribution in [0.5, 0.6) is 5.75 Å². The van der Waals surface area contributed by atoms with Crippen molar-refractivity contribution >= 4 is 44.6 Å². The summed E-state index contributed by atoms with van der Waals surface area (Å²) >= 11 is 2.02.